The molecule has 0 bridgehead atoms. The predicted molar refractivity (Wildman–Crippen MR) is 75.6 cm³/mol. The molecule has 0 unspecified atom stereocenters. The largest absolute Gasteiger partial charge is 0.506 e. The van der Waals surface area contributed by atoms with Crippen LogP contribution in [-0.2, 0) is 10.2 Å². The Morgan fingerprint density at radius 1 is 1.14 bits per heavy atom. The van der Waals surface area contributed by atoms with Gasteiger partial charge in [-0.05, 0) is 35.0 Å². The minimum absolute atomic E-state index is 0.0193. The number of nitriles is 1. The standard InChI is InChI=1S/C13H9N3O4S/c14-6-8-1-2-9-5-12(17)11(4-10(9)3-8)16-7-13(18)15-21(16,19)20/h1-5,7,15,17-18H. The molecular formula is C13H9N3O4S. The Kier molecular flexibility index (Phi) is 2.67. The van der Waals surface area contributed by atoms with E-state index in [2.05, 4.69) is 0 Å². The molecule has 1 aliphatic heterocycles. The summed E-state index contributed by atoms with van der Waals surface area (Å²) in [6.45, 7) is 0. The van der Waals surface area contributed by atoms with Crippen LogP contribution in [0.3, 0.4) is 0 Å². The van der Waals surface area contributed by atoms with Crippen molar-refractivity contribution in [2.75, 3.05) is 4.31 Å². The Hall–Kier alpha value is -2.92. The number of fused-ring (bicyclic) bond motifs is 1. The van der Waals surface area contributed by atoms with Crippen LogP contribution in [-0.4, -0.2) is 18.6 Å². The lowest BCUT2D eigenvalue weighted by Gasteiger charge is -2.16. The van der Waals surface area contributed by atoms with Crippen LogP contribution in [0.1, 0.15) is 5.56 Å². The highest BCUT2D eigenvalue weighted by Crippen LogP contribution is 2.35. The van der Waals surface area contributed by atoms with Crippen molar-refractivity contribution in [1.29, 1.82) is 5.26 Å². The molecule has 2 aromatic carbocycles. The van der Waals surface area contributed by atoms with Gasteiger partial charge in [0.05, 0.1) is 17.8 Å². The van der Waals surface area contributed by atoms with Gasteiger partial charge in [-0.3, -0.25) is 0 Å². The summed E-state index contributed by atoms with van der Waals surface area (Å²) in [5.74, 6) is -0.802. The van der Waals surface area contributed by atoms with Gasteiger partial charge < -0.3 is 10.2 Å². The molecule has 21 heavy (non-hydrogen) atoms. The van der Waals surface area contributed by atoms with Gasteiger partial charge in [-0.15, -0.1) is 0 Å². The zero-order valence-corrected chi connectivity index (χ0v) is 11.3. The van der Waals surface area contributed by atoms with E-state index in [4.69, 9.17) is 5.26 Å². The molecule has 0 fully saturated rings. The highest BCUT2D eigenvalue weighted by atomic mass is 32.2. The minimum Gasteiger partial charge on any atom is -0.506 e. The van der Waals surface area contributed by atoms with E-state index < -0.39 is 16.1 Å². The maximum Gasteiger partial charge on any atom is 0.330 e. The van der Waals surface area contributed by atoms with Crippen LogP contribution in [0.4, 0.5) is 5.69 Å². The van der Waals surface area contributed by atoms with E-state index in [9.17, 15) is 18.6 Å². The summed E-state index contributed by atoms with van der Waals surface area (Å²) in [5.41, 5.74) is 0.397. The molecule has 0 aliphatic carbocycles. The van der Waals surface area contributed by atoms with Crippen molar-refractivity contribution < 1.29 is 18.6 Å². The first kappa shape index (κ1) is 13.1. The summed E-state index contributed by atoms with van der Waals surface area (Å²) in [6, 6.07) is 9.65. The maximum absolute atomic E-state index is 11.8. The molecule has 0 aromatic heterocycles. The number of hydrogen-bond donors (Lipinski definition) is 3. The van der Waals surface area contributed by atoms with Gasteiger partial charge in [0.1, 0.15) is 11.4 Å². The summed E-state index contributed by atoms with van der Waals surface area (Å²) < 4.78 is 26.3. The number of nitrogens with one attached hydrogen (secondary N) is 1. The number of hydrogen-bond acceptors (Lipinski definition) is 5. The van der Waals surface area contributed by atoms with Crippen LogP contribution in [0, 0.1) is 11.3 Å². The molecule has 0 amide bonds. The van der Waals surface area contributed by atoms with Crippen molar-refractivity contribution in [3.8, 4) is 11.8 Å². The van der Waals surface area contributed by atoms with Crippen LogP contribution in [0.15, 0.2) is 42.4 Å². The summed E-state index contributed by atoms with van der Waals surface area (Å²) in [5, 5.41) is 29.4. The van der Waals surface area contributed by atoms with Gasteiger partial charge in [0, 0.05) is 0 Å². The van der Waals surface area contributed by atoms with Gasteiger partial charge in [-0.2, -0.15) is 13.7 Å². The molecular weight excluding hydrogens is 294 g/mol. The van der Waals surface area contributed by atoms with Gasteiger partial charge in [0.15, 0.2) is 0 Å². The number of aromatic hydroxyl groups is 1. The highest BCUT2D eigenvalue weighted by molar-refractivity contribution is 7.91. The van der Waals surface area contributed by atoms with E-state index >= 15 is 0 Å². The first-order valence-electron chi connectivity index (χ1n) is 5.80. The number of aliphatic hydroxyl groups excluding tert-OH is 1. The van der Waals surface area contributed by atoms with Gasteiger partial charge in [0.25, 0.3) is 0 Å². The van der Waals surface area contributed by atoms with Crippen LogP contribution < -0.4 is 9.03 Å². The van der Waals surface area contributed by atoms with E-state index in [0.29, 0.717) is 16.3 Å². The smallest absolute Gasteiger partial charge is 0.330 e. The van der Waals surface area contributed by atoms with Gasteiger partial charge in [-0.25, -0.2) is 9.03 Å². The molecule has 0 saturated heterocycles. The van der Waals surface area contributed by atoms with Gasteiger partial charge >= 0.3 is 10.2 Å². The van der Waals surface area contributed by atoms with Gasteiger partial charge in [-0.1, -0.05) is 6.07 Å². The summed E-state index contributed by atoms with van der Waals surface area (Å²) >= 11 is 0. The topological polar surface area (TPSA) is 114 Å². The molecule has 1 aliphatic rings. The molecule has 3 rings (SSSR count). The summed E-state index contributed by atoms with van der Waals surface area (Å²) in [7, 11) is -3.98. The Balaban J connectivity index is 2.24. The third-order valence-electron chi connectivity index (χ3n) is 3.03. The normalized spacial score (nSPS) is 16.3. The second kappa shape index (κ2) is 4.29. The van der Waals surface area contributed by atoms with Crippen molar-refractivity contribution in [2.24, 2.45) is 0 Å². The SMILES string of the molecule is N#Cc1ccc2cc(O)c(N3C=C(O)NS3(=O)=O)cc2c1. The second-order valence-corrected chi connectivity index (χ2v) is 5.98. The third-order valence-corrected chi connectivity index (χ3v) is 4.32. The lowest BCUT2D eigenvalue weighted by molar-refractivity contribution is 0.392. The number of phenols is 1. The number of benzene rings is 2. The fourth-order valence-corrected chi connectivity index (χ4v) is 3.17. The monoisotopic (exact) mass is 303 g/mol. The molecule has 8 heteroatoms. The molecule has 7 nitrogen and oxygen atoms in total. The molecule has 3 N–H and O–H groups in total. The highest BCUT2D eigenvalue weighted by Gasteiger charge is 2.30. The van der Waals surface area contributed by atoms with Crippen LogP contribution in [0.25, 0.3) is 10.8 Å². The average molecular weight is 303 g/mol. The number of nitrogens with zero attached hydrogens (tertiary/aromatic N) is 2. The lowest BCUT2D eigenvalue weighted by atomic mass is 10.1. The van der Waals surface area contributed by atoms with E-state index in [1.807, 2.05) is 10.8 Å². The number of rotatable bonds is 1. The number of phenolic OH excluding ortho intramolecular Hbond substituents is 1. The molecule has 106 valence electrons. The average Bonchev–Trinajstić information content (AvgIpc) is 2.70. The quantitative estimate of drug-likeness (QED) is 0.737. The summed E-state index contributed by atoms with van der Waals surface area (Å²) in [6.07, 6.45) is 0.949. The first-order valence-corrected chi connectivity index (χ1v) is 7.24. The first-order chi connectivity index (χ1) is 9.90. The lowest BCUT2D eigenvalue weighted by Crippen LogP contribution is -2.29. The summed E-state index contributed by atoms with van der Waals surface area (Å²) in [4.78, 5) is 0. The van der Waals surface area contributed by atoms with Gasteiger partial charge in [0.2, 0.25) is 5.88 Å². The Labute approximate surface area is 120 Å². The van der Waals surface area contributed by atoms with Crippen molar-refractivity contribution in [1.82, 2.24) is 4.72 Å². The molecule has 0 atom stereocenters. The molecule has 0 radical (unpaired) electrons. The van der Waals surface area contributed by atoms with Crippen molar-refractivity contribution >= 4 is 26.7 Å². The van der Waals surface area contributed by atoms with E-state index in [0.717, 1.165) is 10.5 Å². The fourth-order valence-electron chi connectivity index (χ4n) is 2.11. The fraction of sp³-hybridized carbons (Fsp3) is 0. The Morgan fingerprint density at radius 3 is 2.52 bits per heavy atom. The van der Waals surface area contributed by atoms with Crippen LogP contribution >= 0.6 is 0 Å². The van der Waals surface area contributed by atoms with Crippen LogP contribution in [0.5, 0.6) is 5.75 Å². The molecule has 0 spiro atoms. The van der Waals surface area contributed by atoms with Crippen LogP contribution in [0.2, 0.25) is 0 Å². The molecule has 1 heterocycles. The molecule has 2 aromatic rings. The zero-order valence-electron chi connectivity index (χ0n) is 10.5. The third kappa shape index (κ3) is 2.09. The second-order valence-electron chi connectivity index (χ2n) is 4.43. The predicted octanol–water partition coefficient (Wildman–Crippen LogP) is 1.43. The number of aliphatic hydroxyl groups is 1. The van der Waals surface area contributed by atoms with Crippen molar-refractivity contribution in [3.63, 3.8) is 0 Å². The molecule has 0 saturated carbocycles. The number of anilines is 1. The van der Waals surface area contributed by atoms with Crippen molar-refractivity contribution in [2.45, 2.75) is 0 Å². The zero-order chi connectivity index (χ0) is 15.2. The maximum atomic E-state index is 11.8. The van der Waals surface area contributed by atoms with E-state index in [1.165, 1.54) is 12.1 Å². The van der Waals surface area contributed by atoms with E-state index in [-0.39, 0.29) is 11.4 Å². The van der Waals surface area contributed by atoms with E-state index in [1.54, 1.807) is 18.2 Å². The Bertz CT molecular complexity index is 928. The Morgan fingerprint density at radius 2 is 1.90 bits per heavy atom. The van der Waals surface area contributed by atoms with Crippen molar-refractivity contribution in [3.05, 3.63) is 48.0 Å². The minimum atomic E-state index is -3.98.